The lowest BCUT2D eigenvalue weighted by Crippen LogP contribution is -2.52. The van der Waals surface area contributed by atoms with Gasteiger partial charge in [-0.05, 0) is 75.2 Å². The van der Waals surface area contributed by atoms with Crippen LogP contribution in [0.5, 0.6) is 5.75 Å². The van der Waals surface area contributed by atoms with Crippen LogP contribution < -0.4 is 15.6 Å². The third-order valence-corrected chi connectivity index (χ3v) is 7.85. The van der Waals surface area contributed by atoms with E-state index in [1.165, 1.54) is 12.1 Å². The van der Waals surface area contributed by atoms with Gasteiger partial charge in [0.15, 0.2) is 11.6 Å². The van der Waals surface area contributed by atoms with Gasteiger partial charge >= 0.3 is 12.1 Å². The lowest BCUT2D eigenvalue weighted by molar-refractivity contribution is -0.155. The van der Waals surface area contributed by atoms with Crippen LogP contribution in [-0.2, 0) is 31.8 Å². The van der Waals surface area contributed by atoms with E-state index < -0.39 is 40.9 Å². The fourth-order valence-electron chi connectivity index (χ4n) is 4.87. The summed E-state index contributed by atoms with van der Waals surface area (Å²) in [7, 11) is 0. The molecule has 0 aliphatic carbocycles. The molecular formula is C34H37BrF3N3O6. The molecule has 9 nitrogen and oxygen atoms in total. The summed E-state index contributed by atoms with van der Waals surface area (Å²) in [6.45, 7) is 5.59. The Morgan fingerprint density at radius 3 is 2.32 bits per heavy atom. The van der Waals surface area contributed by atoms with Crippen molar-refractivity contribution in [1.29, 1.82) is 0 Å². The van der Waals surface area contributed by atoms with Crippen LogP contribution in [0.1, 0.15) is 68.4 Å². The summed E-state index contributed by atoms with van der Waals surface area (Å²) in [5.41, 5.74) is 3.91. The van der Waals surface area contributed by atoms with Crippen molar-refractivity contribution in [3.63, 3.8) is 0 Å². The minimum Gasteiger partial charge on any atom is -0.494 e. The first kappa shape index (κ1) is 35.9. The predicted molar refractivity (Wildman–Crippen MR) is 172 cm³/mol. The topological polar surface area (TPSA) is 118 Å². The maximum atomic E-state index is 14.2. The highest BCUT2D eigenvalue weighted by Crippen LogP contribution is 2.45. The molecule has 3 N–H and O–H groups in total. The molecule has 1 amide bonds. The van der Waals surface area contributed by atoms with E-state index in [1.807, 2.05) is 6.07 Å². The van der Waals surface area contributed by atoms with E-state index in [-0.39, 0.29) is 31.9 Å². The van der Waals surface area contributed by atoms with Crippen molar-refractivity contribution >= 4 is 33.7 Å². The molecule has 0 bridgehead atoms. The Balaban J connectivity index is 1.66. The van der Waals surface area contributed by atoms with Gasteiger partial charge in [-0.1, -0.05) is 46.3 Å². The SMILES string of the molecule is CC(C)(C)OC(=O)CC[C@]1(C(=O)NNCc2ccc(C(F)(F)F)cc2)N=C(c2ccc(OCCCO)cc2)O[C@H]1c1ccccc1Br. The van der Waals surface area contributed by atoms with Crippen LogP contribution in [0.3, 0.4) is 0 Å². The summed E-state index contributed by atoms with van der Waals surface area (Å²) in [4.78, 5) is 31.9. The highest BCUT2D eigenvalue weighted by Gasteiger charge is 2.54. The van der Waals surface area contributed by atoms with Crippen LogP contribution in [0.2, 0.25) is 0 Å². The maximum absolute atomic E-state index is 14.2. The second kappa shape index (κ2) is 15.3. The smallest absolute Gasteiger partial charge is 0.416 e. The average molecular weight is 721 g/mol. The molecule has 1 aliphatic heterocycles. The second-order valence-electron chi connectivity index (χ2n) is 11.9. The number of ether oxygens (including phenoxy) is 3. The number of carbonyl (C=O) groups is 2. The zero-order chi connectivity index (χ0) is 34.2. The molecule has 2 atom stereocenters. The summed E-state index contributed by atoms with van der Waals surface area (Å²) >= 11 is 3.56. The molecule has 0 radical (unpaired) electrons. The molecule has 0 aromatic heterocycles. The lowest BCUT2D eigenvalue weighted by Gasteiger charge is -2.31. The van der Waals surface area contributed by atoms with Crippen LogP contribution in [0.15, 0.2) is 82.3 Å². The number of benzene rings is 3. The monoisotopic (exact) mass is 719 g/mol. The number of aliphatic hydroxyl groups excluding tert-OH is 1. The molecule has 3 aromatic rings. The van der Waals surface area contributed by atoms with E-state index in [0.29, 0.717) is 39.9 Å². The number of halogens is 4. The summed E-state index contributed by atoms with van der Waals surface area (Å²) in [5.74, 6) is -0.409. The van der Waals surface area contributed by atoms with E-state index in [4.69, 9.17) is 24.3 Å². The maximum Gasteiger partial charge on any atom is 0.416 e. The molecule has 13 heteroatoms. The first-order chi connectivity index (χ1) is 22.2. The first-order valence-corrected chi connectivity index (χ1v) is 15.8. The molecule has 1 heterocycles. The Labute approximate surface area is 279 Å². The Bertz CT molecular complexity index is 1560. The van der Waals surface area contributed by atoms with Crippen molar-refractivity contribution in [3.8, 4) is 5.75 Å². The summed E-state index contributed by atoms with van der Waals surface area (Å²) in [5, 5.41) is 9.03. The van der Waals surface area contributed by atoms with Gasteiger partial charge < -0.3 is 19.3 Å². The quantitative estimate of drug-likeness (QED) is 0.106. The number of alkyl halides is 3. The molecule has 252 valence electrons. The lowest BCUT2D eigenvalue weighted by atomic mass is 9.83. The molecule has 1 aliphatic rings. The Morgan fingerprint density at radius 1 is 1.02 bits per heavy atom. The molecule has 0 fully saturated rings. The molecule has 3 aromatic carbocycles. The zero-order valence-electron chi connectivity index (χ0n) is 26.2. The number of nitrogens with one attached hydrogen (secondary N) is 2. The molecule has 0 saturated heterocycles. The fraction of sp³-hybridized carbons (Fsp3) is 0.382. The molecule has 0 spiro atoms. The number of rotatable bonds is 13. The van der Waals surface area contributed by atoms with Crippen LogP contribution in [0.4, 0.5) is 13.2 Å². The summed E-state index contributed by atoms with van der Waals surface area (Å²) < 4.78 is 57.3. The number of hydrazine groups is 1. The van der Waals surface area contributed by atoms with Crippen LogP contribution in [-0.4, -0.2) is 47.2 Å². The van der Waals surface area contributed by atoms with Gasteiger partial charge in [0.25, 0.3) is 5.91 Å². The van der Waals surface area contributed by atoms with E-state index in [1.54, 1.807) is 63.2 Å². The number of aliphatic hydroxyl groups is 1. The average Bonchev–Trinajstić information content (AvgIpc) is 3.40. The largest absolute Gasteiger partial charge is 0.494 e. The Morgan fingerprint density at radius 2 is 1.70 bits per heavy atom. The first-order valence-electron chi connectivity index (χ1n) is 15.0. The number of amides is 1. The molecule has 4 rings (SSSR count). The Hall–Kier alpha value is -3.94. The molecule has 0 unspecified atom stereocenters. The van der Waals surface area contributed by atoms with Gasteiger partial charge in [0, 0.05) is 41.6 Å². The van der Waals surface area contributed by atoms with Gasteiger partial charge in [0.2, 0.25) is 5.90 Å². The van der Waals surface area contributed by atoms with Crippen molar-refractivity contribution in [2.45, 2.75) is 70.0 Å². The summed E-state index contributed by atoms with van der Waals surface area (Å²) in [6, 6.07) is 18.7. The standard InChI is InChI=1S/C34H37BrF3N3O6/c1-32(2,3)47-28(43)17-18-33(31(44)41-39-21-22-9-13-24(14-10-22)34(36,37)38)29(26-7-4-5-8-27(26)35)46-30(40-33)23-11-15-25(16-12-23)45-20-6-19-42/h4-5,7-16,29,39,42H,6,17-21H2,1-3H3,(H,41,44)/t29-,33-/m0/s1. The van der Waals surface area contributed by atoms with Crippen molar-refractivity contribution in [2.24, 2.45) is 4.99 Å². The highest BCUT2D eigenvalue weighted by atomic mass is 79.9. The predicted octanol–water partition coefficient (Wildman–Crippen LogP) is 6.43. The molecule has 47 heavy (non-hydrogen) atoms. The minimum atomic E-state index is -4.47. The van der Waals surface area contributed by atoms with Gasteiger partial charge in [-0.15, -0.1) is 0 Å². The van der Waals surface area contributed by atoms with Crippen molar-refractivity contribution < 1.29 is 42.1 Å². The number of hydrogen-bond acceptors (Lipinski definition) is 8. The van der Waals surface area contributed by atoms with E-state index in [2.05, 4.69) is 26.8 Å². The number of nitrogens with zero attached hydrogens (tertiary/aromatic N) is 1. The fourth-order valence-corrected chi connectivity index (χ4v) is 5.36. The van der Waals surface area contributed by atoms with Crippen molar-refractivity contribution in [3.05, 3.63) is 99.5 Å². The number of hydrogen-bond donors (Lipinski definition) is 3. The molecule has 0 saturated carbocycles. The minimum absolute atomic E-state index is 0.00575. The zero-order valence-corrected chi connectivity index (χ0v) is 27.8. The van der Waals surface area contributed by atoms with Gasteiger partial charge in [-0.3, -0.25) is 15.0 Å². The Kier molecular flexibility index (Phi) is 11.7. The van der Waals surface area contributed by atoms with Crippen molar-refractivity contribution in [2.75, 3.05) is 13.2 Å². The third-order valence-electron chi connectivity index (χ3n) is 7.12. The molecular weight excluding hydrogens is 683 g/mol. The van der Waals surface area contributed by atoms with Gasteiger partial charge in [-0.2, -0.15) is 13.2 Å². The van der Waals surface area contributed by atoms with E-state index >= 15 is 0 Å². The van der Waals surface area contributed by atoms with Crippen LogP contribution in [0.25, 0.3) is 0 Å². The van der Waals surface area contributed by atoms with Gasteiger partial charge in [0.05, 0.1) is 12.2 Å². The number of aliphatic imine (C=N–C) groups is 1. The van der Waals surface area contributed by atoms with E-state index in [9.17, 15) is 22.8 Å². The van der Waals surface area contributed by atoms with Crippen molar-refractivity contribution in [1.82, 2.24) is 10.9 Å². The normalized spacial score (nSPS) is 17.9. The van der Waals surface area contributed by atoms with Crippen LogP contribution >= 0.6 is 15.9 Å². The number of carbonyl (C=O) groups excluding carboxylic acids is 2. The highest BCUT2D eigenvalue weighted by molar-refractivity contribution is 9.10. The van der Waals surface area contributed by atoms with Crippen LogP contribution in [0, 0.1) is 0 Å². The van der Waals surface area contributed by atoms with Gasteiger partial charge in [-0.25, -0.2) is 10.4 Å². The third kappa shape index (κ3) is 9.55. The van der Waals surface area contributed by atoms with E-state index in [0.717, 1.165) is 12.1 Å². The second-order valence-corrected chi connectivity index (χ2v) is 12.8. The summed E-state index contributed by atoms with van der Waals surface area (Å²) in [6.07, 6.45) is -5.22. The van der Waals surface area contributed by atoms with Gasteiger partial charge in [0.1, 0.15) is 11.4 Å². The number of esters is 1.